The summed E-state index contributed by atoms with van der Waals surface area (Å²) in [7, 11) is 0. The quantitative estimate of drug-likeness (QED) is 0.552. The lowest BCUT2D eigenvalue weighted by atomic mass is 10.1. The van der Waals surface area contributed by atoms with Crippen LogP contribution in [-0.2, 0) is 0 Å². The third-order valence-electron chi connectivity index (χ3n) is 4.06. The van der Waals surface area contributed by atoms with E-state index in [-0.39, 0.29) is 5.78 Å². The first kappa shape index (κ1) is 18.9. The van der Waals surface area contributed by atoms with E-state index in [0.717, 1.165) is 22.5 Å². The number of ketones is 1. The van der Waals surface area contributed by atoms with Gasteiger partial charge < -0.3 is 10.6 Å². The summed E-state index contributed by atoms with van der Waals surface area (Å²) in [5, 5.41) is 7.16. The molecule has 0 aliphatic rings. The summed E-state index contributed by atoms with van der Waals surface area (Å²) in [6, 6.07) is 13.1. The van der Waals surface area contributed by atoms with E-state index in [2.05, 4.69) is 26.7 Å². The number of hydrogen-bond donors (Lipinski definition) is 2. The molecule has 2 aromatic carbocycles. The molecule has 0 aliphatic heterocycles. The molecule has 0 unspecified atom stereocenters. The number of aryl methyl sites for hydroxylation is 3. The van der Waals surface area contributed by atoms with E-state index < -0.39 is 0 Å². The molecule has 0 spiro atoms. The predicted octanol–water partition coefficient (Wildman–Crippen LogP) is 5.75. The Morgan fingerprint density at radius 2 is 1.67 bits per heavy atom. The molecule has 27 heavy (non-hydrogen) atoms. The molecule has 0 saturated carbocycles. The predicted molar refractivity (Wildman–Crippen MR) is 111 cm³/mol. The molecule has 0 radical (unpaired) electrons. The van der Waals surface area contributed by atoms with Gasteiger partial charge >= 0.3 is 0 Å². The summed E-state index contributed by atoms with van der Waals surface area (Å²) in [4.78, 5) is 20.4. The van der Waals surface area contributed by atoms with Crippen LogP contribution in [0.1, 0.15) is 34.2 Å². The van der Waals surface area contributed by atoms with Crippen molar-refractivity contribution < 1.29 is 4.79 Å². The fourth-order valence-electron chi connectivity index (χ4n) is 2.86. The third-order valence-corrected chi connectivity index (χ3v) is 4.36. The van der Waals surface area contributed by atoms with E-state index >= 15 is 0 Å². The minimum Gasteiger partial charge on any atom is -0.340 e. The van der Waals surface area contributed by atoms with Crippen LogP contribution < -0.4 is 10.6 Å². The molecule has 0 saturated heterocycles. The van der Waals surface area contributed by atoms with Crippen molar-refractivity contribution in [3.05, 3.63) is 70.0 Å². The Hall–Kier alpha value is -2.92. The SMILES string of the molecule is CC(=O)c1cccc(Nc2cc(Nc3c(C)cc(C)cc3Cl)nc(C)n2)c1. The van der Waals surface area contributed by atoms with Crippen molar-refractivity contribution >= 4 is 40.4 Å². The first-order valence-electron chi connectivity index (χ1n) is 8.59. The number of carbonyl (C=O) groups excluding carboxylic acids is 1. The monoisotopic (exact) mass is 380 g/mol. The minimum absolute atomic E-state index is 0.0179. The number of anilines is 4. The molecule has 1 aromatic heterocycles. The van der Waals surface area contributed by atoms with Crippen LogP contribution in [0.4, 0.5) is 23.0 Å². The first-order valence-corrected chi connectivity index (χ1v) is 8.97. The molecule has 0 aliphatic carbocycles. The van der Waals surface area contributed by atoms with Gasteiger partial charge in [-0.25, -0.2) is 9.97 Å². The van der Waals surface area contributed by atoms with Crippen LogP contribution in [0, 0.1) is 20.8 Å². The van der Waals surface area contributed by atoms with Gasteiger partial charge in [-0.1, -0.05) is 29.8 Å². The van der Waals surface area contributed by atoms with E-state index in [1.54, 1.807) is 19.1 Å². The summed E-state index contributed by atoms with van der Waals surface area (Å²) in [5.41, 5.74) is 4.40. The topological polar surface area (TPSA) is 66.9 Å². The van der Waals surface area contributed by atoms with Gasteiger partial charge in [-0.3, -0.25) is 4.79 Å². The summed E-state index contributed by atoms with van der Waals surface area (Å²) in [5.74, 6) is 1.91. The fraction of sp³-hybridized carbons (Fsp3) is 0.190. The molecule has 0 fully saturated rings. The van der Waals surface area contributed by atoms with Crippen molar-refractivity contribution in [1.82, 2.24) is 9.97 Å². The van der Waals surface area contributed by atoms with E-state index in [9.17, 15) is 4.79 Å². The Labute approximate surface area is 163 Å². The second kappa shape index (κ2) is 7.76. The highest BCUT2D eigenvalue weighted by Crippen LogP contribution is 2.30. The smallest absolute Gasteiger partial charge is 0.159 e. The number of nitrogens with zero attached hydrogens (tertiary/aromatic N) is 2. The summed E-state index contributed by atoms with van der Waals surface area (Å²) >= 11 is 6.39. The van der Waals surface area contributed by atoms with Crippen LogP contribution in [0.3, 0.4) is 0 Å². The Bertz CT molecular complexity index is 994. The molecule has 3 aromatic rings. The number of benzene rings is 2. The van der Waals surface area contributed by atoms with Crippen LogP contribution in [0.25, 0.3) is 0 Å². The number of nitrogens with one attached hydrogen (secondary N) is 2. The maximum absolute atomic E-state index is 11.6. The highest BCUT2D eigenvalue weighted by Gasteiger charge is 2.09. The molecule has 2 N–H and O–H groups in total. The number of Topliss-reactive ketones (excluding diaryl/α,β-unsaturated/α-hetero) is 1. The van der Waals surface area contributed by atoms with Gasteiger partial charge in [-0.2, -0.15) is 0 Å². The molecule has 0 amide bonds. The van der Waals surface area contributed by atoms with E-state index in [1.165, 1.54) is 0 Å². The molecular formula is C21H21ClN4O. The van der Waals surface area contributed by atoms with E-state index in [4.69, 9.17) is 11.6 Å². The van der Waals surface area contributed by atoms with E-state index in [1.807, 2.05) is 45.0 Å². The Kier molecular flexibility index (Phi) is 5.42. The van der Waals surface area contributed by atoms with Crippen molar-refractivity contribution in [2.24, 2.45) is 0 Å². The second-order valence-corrected chi connectivity index (χ2v) is 6.92. The standard InChI is InChI=1S/C21H21ClN4O/c1-12-8-13(2)21(18(22)9-12)26-20-11-19(23-15(4)24-20)25-17-7-5-6-16(10-17)14(3)27/h5-11H,1-4H3,(H2,23,24,25,26). The zero-order valence-corrected chi connectivity index (χ0v) is 16.5. The Morgan fingerprint density at radius 3 is 2.33 bits per heavy atom. The number of rotatable bonds is 5. The maximum atomic E-state index is 11.6. The molecule has 0 atom stereocenters. The Morgan fingerprint density at radius 1 is 0.963 bits per heavy atom. The number of carbonyl (C=O) groups is 1. The molecule has 3 rings (SSSR count). The summed E-state index contributed by atoms with van der Waals surface area (Å²) in [6.07, 6.45) is 0. The zero-order chi connectivity index (χ0) is 19.6. The average Bonchev–Trinajstić information content (AvgIpc) is 2.58. The van der Waals surface area contributed by atoms with Crippen molar-refractivity contribution in [3.8, 4) is 0 Å². The molecular weight excluding hydrogens is 360 g/mol. The molecule has 6 heteroatoms. The van der Waals surface area contributed by atoms with Gasteiger partial charge in [-0.05, 0) is 57.0 Å². The molecule has 5 nitrogen and oxygen atoms in total. The van der Waals surface area contributed by atoms with Crippen molar-refractivity contribution in [2.75, 3.05) is 10.6 Å². The third kappa shape index (κ3) is 4.63. The molecule has 138 valence electrons. The van der Waals surface area contributed by atoms with Gasteiger partial charge in [0.1, 0.15) is 17.5 Å². The van der Waals surface area contributed by atoms with Crippen molar-refractivity contribution in [1.29, 1.82) is 0 Å². The van der Waals surface area contributed by atoms with Crippen LogP contribution in [0.2, 0.25) is 5.02 Å². The van der Waals surface area contributed by atoms with Crippen molar-refractivity contribution in [3.63, 3.8) is 0 Å². The minimum atomic E-state index is 0.0179. The number of halogens is 1. The molecule has 0 bridgehead atoms. The second-order valence-electron chi connectivity index (χ2n) is 6.51. The van der Waals surface area contributed by atoms with Gasteiger partial charge in [-0.15, -0.1) is 0 Å². The highest BCUT2D eigenvalue weighted by molar-refractivity contribution is 6.33. The summed E-state index contributed by atoms with van der Waals surface area (Å²) in [6.45, 7) is 7.38. The van der Waals surface area contributed by atoms with Crippen molar-refractivity contribution in [2.45, 2.75) is 27.7 Å². The maximum Gasteiger partial charge on any atom is 0.159 e. The number of hydrogen-bond acceptors (Lipinski definition) is 5. The van der Waals surface area contributed by atoms with Crippen LogP contribution >= 0.6 is 11.6 Å². The van der Waals surface area contributed by atoms with Crippen LogP contribution in [-0.4, -0.2) is 15.8 Å². The normalized spacial score (nSPS) is 10.6. The zero-order valence-electron chi connectivity index (χ0n) is 15.7. The van der Waals surface area contributed by atoms with Gasteiger partial charge in [0.05, 0.1) is 10.7 Å². The van der Waals surface area contributed by atoms with Gasteiger partial charge in [0.25, 0.3) is 0 Å². The first-order chi connectivity index (χ1) is 12.8. The summed E-state index contributed by atoms with van der Waals surface area (Å²) < 4.78 is 0. The lowest BCUT2D eigenvalue weighted by Crippen LogP contribution is -2.03. The molecule has 1 heterocycles. The lowest BCUT2D eigenvalue weighted by Gasteiger charge is -2.14. The largest absolute Gasteiger partial charge is 0.340 e. The van der Waals surface area contributed by atoms with Gasteiger partial charge in [0, 0.05) is 17.3 Å². The highest BCUT2D eigenvalue weighted by atomic mass is 35.5. The Balaban J connectivity index is 1.89. The van der Waals surface area contributed by atoms with Gasteiger partial charge in [0.2, 0.25) is 0 Å². The van der Waals surface area contributed by atoms with E-state index in [0.29, 0.717) is 28.0 Å². The lowest BCUT2D eigenvalue weighted by molar-refractivity contribution is 0.101. The fourth-order valence-corrected chi connectivity index (χ4v) is 3.23. The number of aromatic nitrogens is 2. The van der Waals surface area contributed by atoms with Crippen LogP contribution in [0.15, 0.2) is 42.5 Å². The average molecular weight is 381 g/mol. The van der Waals surface area contributed by atoms with Gasteiger partial charge in [0.15, 0.2) is 5.78 Å². The van der Waals surface area contributed by atoms with Crippen LogP contribution in [0.5, 0.6) is 0 Å².